The highest BCUT2D eigenvalue weighted by Gasteiger charge is 2.26. The highest BCUT2D eigenvalue weighted by Crippen LogP contribution is 2.17. The van der Waals surface area contributed by atoms with Crippen LogP contribution in [0.15, 0.2) is 0 Å². The van der Waals surface area contributed by atoms with E-state index in [1.54, 1.807) is 6.92 Å². The van der Waals surface area contributed by atoms with Crippen LogP contribution in [0.4, 0.5) is 0 Å². The third kappa shape index (κ3) is 6.23. The number of nitrogens with zero attached hydrogens (tertiary/aromatic N) is 3. The lowest BCUT2D eigenvalue weighted by Crippen LogP contribution is -2.53. The van der Waals surface area contributed by atoms with Gasteiger partial charge >= 0.3 is 0 Å². The predicted octanol–water partition coefficient (Wildman–Crippen LogP) is 2.30. The Balaban J connectivity index is 0.000000829. The molecule has 0 unspecified atom stereocenters. The molecule has 20 heavy (non-hydrogen) atoms. The Kier molecular flexibility index (Phi) is 10.8. The van der Waals surface area contributed by atoms with E-state index in [9.17, 15) is 4.79 Å². The molecule has 2 aliphatic rings. The van der Waals surface area contributed by atoms with Crippen molar-refractivity contribution in [3.8, 4) is 0 Å². The van der Waals surface area contributed by atoms with Crippen molar-refractivity contribution in [2.45, 2.75) is 53.5 Å². The standard InChI is InChI=1S/C12H23N3O.2C2H6/c1-11(16)14-7-9-15(10-8-14)12-3-5-13(2)6-4-12;2*1-2/h12H,3-10H2,1-2H3;2*1-2H3. The van der Waals surface area contributed by atoms with Crippen LogP contribution in [0.3, 0.4) is 0 Å². The zero-order chi connectivity index (χ0) is 15.5. The van der Waals surface area contributed by atoms with Gasteiger partial charge in [0, 0.05) is 39.1 Å². The van der Waals surface area contributed by atoms with E-state index in [2.05, 4.69) is 16.8 Å². The van der Waals surface area contributed by atoms with Crippen molar-refractivity contribution in [1.82, 2.24) is 14.7 Å². The fraction of sp³-hybridized carbons (Fsp3) is 0.938. The molecule has 2 rings (SSSR count). The van der Waals surface area contributed by atoms with E-state index < -0.39 is 0 Å². The largest absolute Gasteiger partial charge is 0.340 e. The number of hydrogen-bond donors (Lipinski definition) is 0. The fourth-order valence-electron chi connectivity index (χ4n) is 2.76. The molecule has 0 saturated carbocycles. The molecule has 2 fully saturated rings. The first kappa shape index (κ1) is 19.4. The summed E-state index contributed by atoms with van der Waals surface area (Å²) in [5, 5.41) is 0. The summed E-state index contributed by atoms with van der Waals surface area (Å²) in [5.41, 5.74) is 0. The van der Waals surface area contributed by atoms with Crippen LogP contribution in [0.1, 0.15) is 47.5 Å². The van der Waals surface area contributed by atoms with Crippen LogP contribution >= 0.6 is 0 Å². The average Bonchev–Trinajstić information content (AvgIpc) is 2.52. The SMILES string of the molecule is CC.CC.CC(=O)N1CCN(C2CCN(C)CC2)CC1. The molecule has 2 aliphatic heterocycles. The second-order valence-corrected chi connectivity index (χ2v) is 5.08. The minimum absolute atomic E-state index is 0.225. The first-order chi connectivity index (χ1) is 9.66. The molecule has 1 amide bonds. The molecule has 0 aromatic carbocycles. The van der Waals surface area contributed by atoms with Crippen molar-refractivity contribution in [3.05, 3.63) is 0 Å². The molecule has 0 bridgehead atoms. The maximum absolute atomic E-state index is 11.2. The van der Waals surface area contributed by atoms with Crippen molar-refractivity contribution < 1.29 is 4.79 Å². The topological polar surface area (TPSA) is 26.8 Å². The highest BCUT2D eigenvalue weighted by molar-refractivity contribution is 5.73. The second-order valence-electron chi connectivity index (χ2n) is 5.08. The Bertz CT molecular complexity index is 242. The Hall–Kier alpha value is -0.610. The van der Waals surface area contributed by atoms with E-state index >= 15 is 0 Å². The van der Waals surface area contributed by atoms with Crippen molar-refractivity contribution in [3.63, 3.8) is 0 Å². The van der Waals surface area contributed by atoms with Gasteiger partial charge in [-0.05, 0) is 33.0 Å². The Morgan fingerprint density at radius 3 is 1.70 bits per heavy atom. The maximum Gasteiger partial charge on any atom is 0.219 e. The van der Waals surface area contributed by atoms with E-state index in [4.69, 9.17) is 0 Å². The van der Waals surface area contributed by atoms with Gasteiger partial charge in [0.25, 0.3) is 0 Å². The predicted molar refractivity (Wildman–Crippen MR) is 87.0 cm³/mol. The molecule has 4 heteroatoms. The monoisotopic (exact) mass is 285 g/mol. The number of amides is 1. The van der Waals surface area contributed by atoms with E-state index in [-0.39, 0.29) is 5.91 Å². The zero-order valence-corrected chi connectivity index (χ0v) is 14.5. The molecule has 0 atom stereocenters. The molecule has 4 nitrogen and oxygen atoms in total. The van der Waals surface area contributed by atoms with E-state index in [1.807, 2.05) is 32.6 Å². The van der Waals surface area contributed by atoms with Crippen LogP contribution in [0.2, 0.25) is 0 Å². The van der Waals surface area contributed by atoms with Crippen LogP contribution in [0, 0.1) is 0 Å². The summed E-state index contributed by atoms with van der Waals surface area (Å²) < 4.78 is 0. The minimum atomic E-state index is 0.225. The lowest BCUT2D eigenvalue weighted by atomic mass is 10.0. The van der Waals surface area contributed by atoms with Crippen LogP contribution in [-0.2, 0) is 4.79 Å². The van der Waals surface area contributed by atoms with Gasteiger partial charge in [-0.25, -0.2) is 0 Å². The van der Waals surface area contributed by atoms with Crippen LogP contribution in [0.5, 0.6) is 0 Å². The molecule has 0 aliphatic carbocycles. The smallest absolute Gasteiger partial charge is 0.219 e. The van der Waals surface area contributed by atoms with Gasteiger partial charge in [0.1, 0.15) is 0 Å². The lowest BCUT2D eigenvalue weighted by molar-refractivity contribution is -0.131. The van der Waals surface area contributed by atoms with Crippen LogP contribution < -0.4 is 0 Å². The van der Waals surface area contributed by atoms with Crippen molar-refractivity contribution in [1.29, 1.82) is 0 Å². The lowest BCUT2D eigenvalue weighted by Gasteiger charge is -2.42. The highest BCUT2D eigenvalue weighted by atomic mass is 16.2. The van der Waals surface area contributed by atoms with Crippen molar-refractivity contribution >= 4 is 5.91 Å². The molecule has 120 valence electrons. The molecule has 0 radical (unpaired) electrons. The van der Waals surface area contributed by atoms with E-state index in [1.165, 1.54) is 25.9 Å². The zero-order valence-electron chi connectivity index (χ0n) is 14.5. The van der Waals surface area contributed by atoms with Gasteiger partial charge in [0.2, 0.25) is 5.91 Å². The number of piperazine rings is 1. The normalized spacial score (nSPS) is 21.4. The Morgan fingerprint density at radius 2 is 1.30 bits per heavy atom. The number of piperidine rings is 1. The minimum Gasteiger partial charge on any atom is -0.340 e. The number of hydrogen-bond acceptors (Lipinski definition) is 3. The first-order valence-electron chi connectivity index (χ1n) is 8.35. The van der Waals surface area contributed by atoms with Crippen LogP contribution in [-0.4, -0.2) is 73.0 Å². The quantitative estimate of drug-likeness (QED) is 0.739. The van der Waals surface area contributed by atoms with Gasteiger partial charge in [-0.3, -0.25) is 9.69 Å². The van der Waals surface area contributed by atoms with Crippen molar-refractivity contribution in [2.24, 2.45) is 0 Å². The summed E-state index contributed by atoms with van der Waals surface area (Å²) in [6, 6.07) is 0.755. The molecular weight excluding hydrogens is 250 g/mol. The summed E-state index contributed by atoms with van der Waals surface area (Å²) in [7, 11) is 2.20. The summed E-state index contributed by atoms with van der Waals surface area (Å²) >= 11 is 0. The molecule has 0 aromatic rings. The van der Waals surface area contributed by atoms with Gasteiger partial charge < -0.3 is 9.80 Å². The van der Waals surface area contributed by atoms with Gasteiger partial charge in [-0.1, -0.05) is 27.7 Å². The fourth-order valence-corrected chi connectivity index (χ4v) is 2.76. The summed E-state index contributed by atoms with van der Waals surface area (Å²) in [6.45, 7) is 16.1. The Labute approximate surface area is 126 Å². The Morgan fingerprint density at radius 1 is 0.850 bits per heavy atom. The van der Waals surface area contributed by atoms with Gasteiger partial charge in [-0.15, -0.1) is 0 Å². The summed E-state index contributed by atoms with van der Waals surface area (Å²) in [6.07, 6.45) is 2.58. The van der Waals surface area contributed by atoms with Gasteiger partial charge in [-0.2, -0.15) is 0 Å². The molecule has 2 heterocycles. The number of carbonyl (C=O) groups is 1. The molecule has 2 saturated heterocycles. The van der Waals surface area contributed by atoms with E-state index in [0.29, 0.717) is 0 Å². The first-order valence-corrected chi connectivity index (χ1v) is 8.35. The third-order valence-corrected chi connectivity index (χ3v) is 3.96. The van der Waals surface area contributed by atoms with Crippen LogP contribution in [0.25, 0.3) is 0 Å². The molecular formula is C16H35N3O. The molecule has 0 spiro atoms. The number of likely N-dealkylation sites (tertiary alicyclic amines) is 1. The molecule has 0 aromatic heterocycles. The summed E-state index contributed by atoms with van der Waals surface area (Å²) in [5.74, 6) is 0.225. The molecule has 0 N–H and O–H groups in total. The number of carbonyl (C=O) groups excluding carboxylic acids is 1. The average molecular weight is 285 g/mol. The van der Waals surface area contributed by atoms with Crippen molar-refractivity contribution in [2.75, 3.05) is 46.3 Å². The second kappa shape index (κ2) is 11.1. The summed E-state index contributed by atoms with van der Waals surface area (Å²) in [4.78, 5) is 18.2. The third-order valence-electron chi connectivity index (χ3n) is 3.96. The van der Waals surface area contributed by atoms with Gasteiger partial charge in [0.15, 0.2) is 0 Å². The maximum atomic E-state index is 11.2. The van der Waals surface area contributed by atoms with Gasteiger partial charge in [0.05, 0.1) is 0 Å². The van der Waals surface area contributed by atoms with E-state index in [0.717, 1.165) is 32.2 Å². The number of rotatable bonds is 1.